The summed E-state index contributed by atoms with van der Waals surface area (Å²) in [4.78, 5) is 19.5. The van der Waals surface area contributed by atoms with Crippen LogP contribution in [0.1, 0.15) is 46.9 Å². The Morgan fingerprint density at radius 3 is 2.93 bits per heavy atom. The number of carbonyl (C=O) groups excluding carboxylic acids is 1. The van der Waals surface area contributed by atoms with Gasteiger partial charge < -0.3 is 5.32 Å². The highest BCUT2D eigenvalue weighted by atomic mass is 32.1. The van der Waals surface area contributed by atoms with Gasteiger partial charge in [0.2, 0.25) is 0 Å². The molecule has 1 aliphatic carbocycles. The Hall–Kier alpha value is -2.51. The summed E-state index contributed by atoms with van der Waals surface area (Å²) in [6.07, 6.45) is 3.29. The molecule has 0 fully saturated rings. The Balaban J connectivity index is 1.60. The number of aryl methyl sites for hydroxylation is 2. The lowest BCUT2D eigenvalue weighted by Gasteiger charge is -2.18. The molecule has 1 N–H and O–H groups in total. The fourth-order valence-electron chi connectivity index (χ4n) is 4.18. The number of fused-ring (bicyclic) bond motifs is 2. The van der Waals surface area contributed by atoms with Crippen molar-refractivity contribution in [1.29, 1.82) is 0 Å². The zero-order chi connectivity index (χ0) is 20.8. The average Bonchev–Trinajstić information content (AvgIpc) is 3.41. The third-order valence-corrected chi connectivity index (χ3v) is 7.90. The van der Waals surface area contributed by atoms with Gasteiger partial charge in [0.25, 0.3) is 5.91 Å². The summed E-state index contributed by atoms with van der Waals surface area (Å²) in [6, 6.07) is 10.1. The zero-order valence-electron chi connectivity index (χ0n) is 17.4. The summed E-state index contributed by atoms with van der Waals surface area (Å²) in [7, 11) is 0. The minimum Gasteiger partial charge on any atom is -0.312 e. The highest BCUT2D eigenvalue weighted by molar-refractivity contribution is 7.23. The normalized spacial score (nSPS) is 16.0. The van der Waals surface area contributed by atoms with Crippen molar-refractivity contribution in [3.05, 3.63) is 52.2 Å². The van der Waals surface area contributed by atoms with Crippen LogP contribution in [0.3, 0.4) is 0 Å². The Morgan fingerprint density at radius 1 is 1.30 bits per heavy atom. The van der Waals surface area contributed by atoms with E-state index in [4.69, 9.17) is 4.98 Å². The Kier molecular flexibility index (Phi) is 4.95. The van der Waals surface area contributed by atoms with E-state index in [0.29, 0.717) is 18.2 Å². The van der Waals surface area contributed by atoms with Gasteiger partial charge in [-0.1, -0.05) is 19.1 Å². The van der Waals surface area contributed by atoms with E-state index in [-0.39, 0.29) is 5.91 Å². The minimum absolute atomic E-state index is 0.105. The molecule has 1 unspecified atom stereocenters. The molecule has 1 aliphatic rings. The number of hydrogen-bond donors (Lipinski definition) is 1. The summed E-state index contributed by atoms with van der Waals surface area (Å²) in [5, 5.41) is 9.56. The number of anilines is 1. The van der Waals surface area contributed by atoms with Gasteiger partial charge >= 0.3 is 0 Å². The second kappa shape index (κ2) is 7.63. The van der Waals surface area contributed by atoms with Gasteiger partial charge in [-0.15, -0.1) is 22.7 Å². The van der Waals surface area contributed by atoms with Crippen LogP contribution in [0.2, 0.25) is 0 Å². The first-order valence-electron chi connectivity index (χ1n) is 10.4. The number of thiophene rings is 1. The maximum atomic E-state index is 13.2. The molecular weight excluding hydrogens is 412 g/mol. The van der Waals surface area contributed by atoms with Crippen molar-refractivity contribution in [2.45, 2.75) is 46.6 Å². The first-order chi connectivity index (χ1) is 14.5. The van der Waals surface area contributed by atoms with Crippen molar-refractivity contribution >= 4 is 43.8 Å². The number of rotatable bonds is 4. The number of carbonyl (C=O) groups is 1. The molecular formula is C23H24N4OS2. The van der Waals surface area contributed by atoms with Crippen molar-refractivity contribution in [2.24, 2.45) is 5.92 Å². The second-order valence-electron chi connectivity index (χ2n) is 7.98. The molecule has 0 aliphatic heterocycles. The molecule has 1 amide bonds. The molecule has 0 radical (unpaired) electrons. The molecule has 154 valence electrons. The van der Waals surface area contributed by atoms with E-state index < -0.39 is 0 Å². The fraction of sp³-hybridized carbons (Fsp3) is 0.348. The molecule has 0 bridgehead atoms. The largest absolute Gasteiger partial charge is 0.312 e. The predicted octanol–water partition coefficient (Wildman–Crippen LogP) is 5.93. The highest BCUT2D eigenvalue weighted by Gasteiger charge is 2.28. The van der Waals surface area contributed by atoms with Crippen LogP contribution in [0.4, 0.5) is 5.00 Å². The number of para-hydroxylation sites is 1. The van der Waals surface area contributed by atoms with Gasteiger partial charge in [0.05, 0.1) is 15.9 Å². The maximum absolute atomic E-state index is 13.2. The molecule has 3 heterocycles. The summed E-state index contributed by atoms with van der Waals surface area (Å²) >= 11 is 3.42. The number of nitrogens with zero attached hydrogens (tertiary/aromatic N) is 3. The van der Waals surface area contributed by atoms with Crippen LogP contribution in [-0.4, -0.2) is 20.7 Å². The van der Waals surface area contributed by atoms with E-state index in [1.54, 1.807) is 27.4 Å². The van der Waals surface area contributed by atoms with E-state index >= 15 is 0 Å². The number of nitrogens with one attached hydrogen (secondary N) is 1. The molecule has 5 nitrogen and oxygen atoms in total. The van der Waals surface area contributed by atoms with Gasteiger partial charge in [-0.2, -0.15) is 5.10 Å². The summed E-state index contributed by atoms with van der Waals surface area (Å²) in [5.41, 5.74) is 4.96. The molecule has 0 saturated heterocycles. The SMILES string of the molecule is CCn1nc(C)cc1C(=O)Nc1sc2c(c1-c1nc3ccccc3s1)CCC(C)C2. The lowest BCUT2D eigenvalue weighted by atomic mass is 9.88. The van der Waals surface area contributed by atoms with Crippen LogP contribution >= 0.6 is 22.7 Å². The van der Waals surface area contributed by atoms with Gasteiger partial charge in [0.15, 0.2) is 0 Å². The van der Waals surface area contributed by atoms with Crippen LogP contribution in [0.15, 0.2) is 30.3 Å². The van der Waals surface area contributed by atoms with E-state index in [2.05, 4.69) is 29.5 Å². The molecule has 30 heavy (non-hydrogen) atoms. The number of hydrogen-bond acceptors (Lipinski definition) is 5. The standard InChI is InChI=1S/C23H24N4OS2/c1-4-27-17(12-14(3)26-27)21(28)25-23-20(15-10-9-13(2)11-19(15)30-23)22-24-16-7-5-6-8-18(16)29-22/h5-8,12-13H,4,9-11H2,1-3H3,(H,25,28). The van der Waals surface area contributed by atoms with Gasteiger partial charge in [0, 0.05) is 17.0 Å². The van der Waals surface area contributed by atoms with E-state index in [9.17, 15) is 4.79 Å². The van der Waals surface area contributed by atoms with Crippen LogP contribution in [0.25, 0.3) is 20.8 Å². The summed E-state index contributed by atoms with van der Waals surface area (Å²) in [6.45, 7) is 6.89. The van der Waals surface area contributed by atoms with Gasteiger partial charge in [-0.3, -0.25) is 9.48 Å². The zero-order valence-corrected chi connectivity index (χ0v) is 19.0. The molecule has 7 heteroatoms. The number of aromatic nitrogens is 3. The molecule has 1 atom stereocenters. The quantitative estimate of drug-likeness (QED) is 0.431. The Bertz CT molecular complexity index is 1220. The number of amides is 1. The van der Waals surface area contributed by atoms with Crippen LogP contribution in [-0.2, 0) is 19.4 Å². The van der Waals surface area contributed by atoms with Crippen LogP contribution < -0.4 is 5.32 Å². The molecule has 5 rings (SSSR count). The van der Waals surface area contributed by atoms with Crippen molar-refractivity contribution in [3.8, 4) is 10.6 Å². The van der Waals surface area contributed by atoms with E-state index in [1.807, 2.05) is 32.0 Å². The fourth-order valence-corrected chi connectivity index (χ4v) is 6.70. The smallest absolute Gasteiger partial charge is 0.274 e. The van der Waals surface area contributed by atoms with E-state index in [1.165, 1.54) is 21.6 Å². The average molecular weight is 437 g/mol. The second-order valence-corrected chi connectivity index (χ2v) is 10.1. The van der Waals surface area contributed by atoms with Gasteiger partial charge in [-0.25, -0.2) is 4.98 Å². The Labute approximate surface area is 183 Å². The van der Waals surface area contributed by atoms with Gasteiger partial charge in [-0.05, 0) is 62.8 Å². The van der Waals surface area contributed by atoms with Crippen molar-refractivity contribution in [1.82, 2.24) is 14.8 Å². The molecule has 1 aromatic carbocycles. The first-order valence-corrected chi connectivity index (χ1v) is 12.0. The molecule has 4 aromatic rings. The van der Waals surface area contributed by atoms with Crippen molar-refractivity contribution < 1.29 is 4.79 Å². The minimum atomic E-state index is -0.105. The lowest BCUT2D eigenvalue weighted by Crippen LogP contribution is -2.17. The third kappa shape index (κ3) is 3.36. The van der Waals surface area contributed by atoms with Crippen LogP contribution in [0.5, 0.6) is 0 Å². The monoisotopic (exact) mass is 436 g/mol. The molecule has 0 spiro atoms. The van der Waals surface area contributed by atoms with E-state index in [0.717, 1.165) is 39.6 Å². The third-order valence-electron chi connectivity index (χ3n) is 5.68. The first kappa shape index (κ1) is 19.5. The maximum Gasteiger partial charge on any atom is 0.274 e. The number of thiazole rings is 1. The van der Waals surface area contributed by atoms with Crippen molar-refractivity contribution in [2.75, 3.05) is 5.32 Å². The summed E-state index contributed by atoms with van der Waals surface area (Å²) in [5.74, 6) is 0.568. The number of benzene rings is 1. The molecule has 3 aromatic heterocycles. The highest BCUT2D eigenvalue weighted by Crippen LogP contribution is 2.47. The van der Waals surface area contributed by atoms with Crippen LogP contribution in [0, 0.1) is 12.8 Å². The van der Waals surface area contributed by atoms with Crippen molar-refractivity contribution in [3.63, 3.8) is 0 Å². The van der Waals surface area contributed by atoms with Gasteiger partial charge in [0.1, 0.15) is 15.7 Å². The lowest BCUT2D eigenvalue weighted by molar-refractivity contribution is 0.101. The Morgan fingerprint density at radius 2 is 2.13 bits per heavy atom. The summed E-state index contributed by atoms with van der Waals surface area (Å²) < 4.78 is 2.94. The molecule has 0 saturated carbocycles. The predicted molar refractivity (Wildman–Crippen MR) is 125 cm³/mol. The topological polar surface area (TPSA) is 59.8 Å².